The molecule has 0 atom stereocenters. The van der Waals surface area contributed by atoms with E-state index in [1.165, 1.54) is 15.4 Å². The highest BCUT2D eigenvalue weighted by Crippen LogP contribution is 2.42. The average Bonchev–Trinajstić information content (AvgIpc) is 2.95. The number of aliphatic carboxylic acids is 2. The molecule has 0 saturated carbocycles. The number of aliphatic imine (C=N–C) groups is 1. The average molecular weight is 471 g/mol. The van der Waals surface area contributed by atoms with Gasteiger partial charge in [-0.2, -0.15) is 0 Å². The number of carboxylic acids is 2. The second-order valence-electron chi connectivity index (χ2n) is 7.07. The van der Waals surface area contributed by atoms with E-state index < -0.39 is 11.9 Å². The Morgan fingerprint density at radius 3 is 2.53 bits per heavy atom. The first-order chi connectivity index (χ1) is 15.4. The number of rotatable bonds is 4. The van der Waals surface area contributed by atoms with Crippen LogP contribution in [0.25, 0.3) is 0 Å². The quantitative estimate of drug-likeness (QED) is 0.590. The molecule has 0 amide bonds. The van der Waals surface area contributed by atoms with Crippen molar-refractivity contribution in [3.63, 3.8) is 0 Å². The largest absolute Gasteiger partial charge is 0.478 e. The maximum Gasteiger partial charge on any atom is 0.328 e. The summed E-state index contributed by atoms with van der Waals surface area (Å²) in [6.45, 7) is 5.36. The number of benzene rings is 2. The van der Waals surface area contributed by atoms with E-state index in [-0.39, 0.29) is 0 Å². The van der Waals surface area contributed by atoms with Gasteiger partial charge in [0.05, 0.1) is 11.4 Å². The fraction of sp³-hybridized carbons (Fsp3) is 0.208. The van der Waals surface area contributed by atoms with E-state index in [2.05, 4.69) is 54.3 Å². The molecule has 32 heavy (non-hydrogen) atoms. The van der Waals surface area contributed by atoms with Crippen LogP contribution in [0.15, 0.2) is 81.0 Å². The smallest absolute Gasteiger partial charge is 0.328 e. The summed E-state index contributed by atoms with van der Waals surface area (Å²) in [7, 11) is 0. The second-order valence-corrected chi connectivity index (χ2v) is 8.59. The normalized spacial score (nSPS) is 15.4. The molecule has 4 rings (SSSR count). The molecule has 2 N–H and O–H groups in total. The van der Waals surface area contributed by atoms with Crippen LogP contribution in [-0.2, 0) is 9.59 Å². The molecule has 2 aromatic carbocycles. The number of hydrogen-bond acceptors (Lipinski definition) is 5. The highest BCUT2D eigenvalue weighted by molar-refractivity contribution is 7.99. The molecule has 0 aliphatic carbocycles. The molecular weight excluding hydrogens is 448 g/mol. The summed E-state index contributed by atoms with van der Waals surface area (Å²) >= 11 is 8.08. The van der Waals surface area contributed by atoms with E-state index in [1.54, 1.807) is 11.8 Å². The first kappa shape index (κ1) is 23.8. The topological polar surface area (TPSA) is 90.2 Å². The Kier molecular flexibility index (Phi) is 8.27. The minimum absolute atomic E-state index is 0.558. The summed E-state index contributed by atoms with van der Waals surface area (Å²) in [6, 6.07) is 14.5. The molecule has 6 nitrogen and oxygen atoms in total. The molecule has 2 aliphatic heterocycles. The van der Waals surface area contributed by atoms with Gasteiger partial charge in [-0.15, -0.1) is 0 Å². The SMILES string of the molecule is CCN1CCC=C(C2=Nc3ccccc3Sc3ccc(Cl)cc32)C1.O=C(O)C=CC(=O)O. The Morgan fingerprint density at radius 2 is 1.84 bits per heavy atom. The van der Waals surface area contributed by atoms with E-state index in [4.69, 9.17) is 26.8 Å². The van der Waals surface area contributed by atoms with Gasteiger partial charge < -0.3 is 10.2 Å². The highest BCUT2D eigenvalue weighted by atomic mass is 35.5. The molecule has 0 spiro atoms. The number of likely N-dealkylation sites (N-methyl/N-ethyl adjacent to an activating group) is 1. The van der Waals surface area contributed by atoms with Crippen molar-refractivity contribution in [2.24, 2.45) is 4.99 Å². The van der Waals surface area contributed by atoms with Crippen molar-refractivity contribution < 1.29 is 19.8 Å². The number of fused-ring (bicyclic) bond motifs is 2. The monoisotopic (exact) mass is 470 g/mol. The third kappa shape index (κ3) is 6.32. The first-order valence-corrected chi connectivity index (χ1v) is 11.3. The summed E-state index contributed by atoms with van der Waals surface area (Å²) in [5.41, 5.74) is 4.57. The van der Waals surface area contributed by atoms with Crippen LogP contribution in [0, 0.1) is 0 Å². The van der Waals surface area contributed by atoms with Crippen molar-refractivity contribution in [2.75, 3.05) is 19.6 Å². The molecule has 166 valence electrons. The summed E-state index contributed by atoms with van der Waals surface area (Å²) < 4.78 is 0. The molecular formula is C24H23ClN2O4S. The van der Waals surface area contributed by atoms with Crippen molar-refractivity contribution in [1.82, 2.24) is 4.90 Å². The van der Waals surface area contributed by atoms with Crippen LogP contribution in [0.1, 0.15) is 18.9 Å². The molecule has 0 unspecified atom stereocenters. The molecule has 0 saturated heterocycles. The first-order valence-electron chi connectivity index (χ1n) is 10.1. The number of halogens is 1. The van der Waals surface area contributed by atoms with Crippen LogP contribution < -0.4 is 0 Å². The van der Waals surface area contributed by atoms with Crippen molar-refractivity contribution in [3.8, 4) is 0 Å². The van der Waals surface area contributed by atoms with Gasteiger partial charge in [0.25, 0.3) is 0 Å². The predicted octanol–water partition coefficient (Wildman–Crippen LogP) is 5.29. The molecule has 2 heterocycles. The lowest BCUT2D eigenvalue weighted by atomic mass is 9.98. The Balaban J connectivity index is 0.000000312. The Hall–Kier alpha value is -2.87. The van der Waals surface area contributed by atoms with E-state index in [0.717, 1.165) is 48.0 Å². The van der Waals surface area contributed by atoms with Gasteiger partial charge in [-0.05, 0) is 48.9 Å². The van der Waals surface area contributed by atoms with Crippen molar-refractivity contribution in [2.45, 2.75) is 23.1 Å². The number of nitrogens with zero attached hydrogens (tertiary/aromatic N) is 2. The number of para-hydroxylation sites is 1. The van der Waals surface area contributed by atoms with Gasteiger partial charge in [-0.25, -0.2) is 14.6 Å². The molecule has 2 aliphatic rings. The zero-order valence-corrected chi connectivity index (χ0v) is 19.1. The van der Waals surface area contributed by atoms with Crippen LogP contribution >= 0.6 is 23.4 Å². The predicted molar refractivity (Wildman–Crippen MR) is 127 cm³/mol. The van der Waals surface area contributed by atoms with Crippen LogP contribution in [0.4, 0.5) is 5.69 Å². The lowest BCUT2D eigenvalue weighted by Crippen LogP contribution is -2.32. The number of hydrogen-bond donors (Lipinski definition) is 2. The molecule has 0 radical (unpaired) electrons. The summed E-state index contributed by atoms with van der Waals surface area (Å²) in [6.07, 6.45) is 4.53. The van der Waals surface area contributed by atoms with Crippen molar-refractivity contribution >= 4 is 46.7 Å². The van der Waals surface area contributed by atoms with Gasteiger partial charge >= 0.3 is 11.9 Å². The van der Waals surface area contributed by atoms with Crippen LogP contribution in [-0.4, -0.2) is 52.4 Å². The van der Waals surface area contributed by atoms with E-state index in [0.29, 0.717) is 12.2 Å². The highest BCUT2D eigenvalue weighted by Gasteiger charge is 2.23. The molecule has 2 aromatic rings. The van der Waals surface area contributed by atoms with Crippen LogP contribution in [0.3, 0.4) is 0 Å². The lowest BCUT2D eigenvalue weighted by molar-refractivity contribution is -0.134. The Morgan fingerprint density at radius 1 is 1.12 bits per heavy atom. The fourth-order valence-electron chi connectivity index (χ4n) is 3.35. The molecule has 0 aromatic heterocycles. The lowest BCUT2D eigenvalue weighted by Gasteiger charge is -2.26. The second kappa shape index (κ2) is 11.1. The zero-order valence-electron chi connectivity index (χ0n) is 17.5. The maximum absolute atomic E-state index is 9.55. The maximum atomic E-state index is 9.55. The molecule has 0 fully saturated rings. The number of carboxylic acid groups (broad SMARTS) is 2. The molecule has 8 heteroatoms. The third-order valence-corrected chi connectivity index (χ3v) is 6.24. The van der Waals surface area contributed by atoms with E-state index in [9.17, 15) is 9.59 Å². The van der Waals surface area contributed by atoms with Crippen LogP contribution in [0.5, 0.6) is 0 Å². The van der Waals surface area contributed by atoms with Gasteiger partial charge in [0.15, 0.2) is 0 Å². The minimum atomic E-state index is -1.26. The summed E-state index contributed by atoms with van der Waals surface area (Å²) in [4.78, 5) is 29.0. The van der Waals surface area contributed by atoms with Gasteiger partial charge in [0.1, 0.15) is 0 Å². The van der Waals surface area contributed by atoms with Crippen LogP contribution in [0.2, 0.25) is 5.02 Å². The Labute approximate surface area is 195 Å². The fourth-order valence-corrected chi connectivity index (χ4v) is 4.52. The van der Waals surface area contributed by atoms with Gasteiger partial charge in [0, 0.05) is 45.6 Å². The summed E-state index contributed by atoms with van der Waals surface area (Å²) in [5.74, 6) is -2.51. The number of carbonyl (C=O) groups is 2. The van der Waals surface area contributed by atoms with Gasteiger partial charge in [-0.1, -0.05) is 48.5 Å². The van der Waals surface area contributed by atoms with Crippen molar-refractivity contribution in [3.05, 3.63) is 76.9 Å². The standard InChI is InChI=1S/C20H19ClN2S.C4H4O4/c1-2-23-11-5-6-14(13-23)20-16-12-15(21)9-10-18(16)24-19-8-4-3-7-17(19)22-20;5-3(6)1-2-4(7)8/h3-4,6-10,12H,2,5,11,13H2,1H3;1-2H,(H,5,6)(H,7,8). The van der Waals surface area contributed by atoms with E-state index in [1.807, 2.05) is 6.07 Å². The van der Waals surface area contributed by atoms with E-state index >= 15 is 0 Å². The van der Waals surface area contributed by atoms with Gasteiger partial charge in [-0.3, -0.25) is 4.90 Å². The minimum Gasteiger partial charge on any atom is -0.478 e. The summed E-state index contributed by atoms with van der Waals surface area (Å²) in [5, 5.41) is 16.4. The van der Waals surface area contributed by atoms with Crippen molar-refractivity contribution in [1.29, 1.82) is 0 Å². The zero-order chi connectivity index (χ0) is 23.1. The van der Waals surface area contributed by atoms with Gasteiger partial charge in [0.2, 0.25) is 0 Å². The molecule has 0 bridgehead atoms. The Bertz CT molecular complexity index is 1090. The third-order valence-electron chi connectivity index (χ3n) is 4.86.